The summed E-state index contributed by atoms with van der Waals surface area (Å²) in [6, 6.07) is 1.69. The van der Waals surface area contributed by atoms with Gasteiger partial charge in [0.25, 0.3) is 5.56 Å². The topological polar surface area (TPSA) is 67.2 Å². The van der Waals surface area contributed by atoms with Crippen molar-refractivity contribution in [3.05, 3.63) is 28.4 Å². The molecule has 1 N–H and O–H groups in total. The summed E-state index contributed by atoms with van der Waals surface area (Å²) >= 11 is 0. The fourth-order valence-electron chi connectivity index (χ4n) is 3.91. The molecular formula is C20H32N4O2. The van der Waals surface area contributed by atoms with Crippen LogP contribution in [0, 0.1) is 11.8 Å². The lowest BCUT2D eigenvalue weighted by Crippen LogP contribution is -2.44. The number of nitrogens with one attached hydrogen (secondary N) is 1. The Labute approximate surface area is 156 Å². The van der Waals surface area contributed by atoms with Crippen LogP contribution in [-0.4, -0.2) is 46.5 Å². The first-order chi connectivity index (χ1) is 12.3. The monoisotopic (exact) mass is 360 g/mol. The molecule has 144 valence electrons. The highest BCUT2D eigenvalue weighted by Gasteiger charge is 2.25. The first-order valence-electron chi connectivity index (χ1n) is 9.87. The summed E-state index contributed by atoms with van der Waals surface area (Å²) in [5.41, 5.74) is 0.820. The maximum Gasteiger partial charge on any atom is 0.253 e. The Kier molecular flexibility index (Phi) is 5.80. The molecular weight excluding hydrogens is 328 g/mol. The lowest BCUT2D eigenvalue weighted by molar-refractivity contribution is -0.123. The van der Waals surface area contributed by atoms with Gasteiger partial charge >= 0.3 is 0 Å². The van der Waals surface area contributed by atoms with Crippen molar-refractivity contribution in [2.75, 3.05) is 26.2 Å². The van der Waals surface area contributed by atoms with E-state index in [2.05, 4.69) is 36.0 Å². The van der Waals surface area contributed by atoms with Crippen molar-refractivity contribution in [1.29, 1.82) is 0 Å². The number of hydrogen-bond acceptors (Lipinski definition) is 4. The maximum absolute atomic E-state index is 12.4. The fourth-order valence-corrected chi connectivity index (χ4v) is 3.91. The Morgan fingerprint density at radius 2 is 1.85 bits per heavy atom. The molecule has 2 aliphatic heterocycles. The van der Waals surface area contributed by atoms with Crippen molar-refractivity contribution in [2.45, 2.75) is 58.4 Å². The van der Waals surface area contributed by atoms with Crippen molar-refractivity contribution < 1.29 is 4.79 Å². The van der Waals surface area contributed by atoms with Gasteiger partial charge < -0.3 is 10.2 Å². The largest absolute Gasteiger partial charge is 0.356 e. The number of likely N-dealkylation sites (tertiary alicyclic amines) is 1. The van der Waals surface area contributed by atoms with Crippen molar-refractivity contribution in [3.63, 3.8) is 0 Å². The van der Waals surface area contributed by atoms with E-state index in [4.69, 9.17) is 0 Å². The van der Waals surface area contributed by atoms with E-state index in [0.29, 0.717) is 18.3 Å². The molecule has 1 atom stereocenters. The number of rotatable bonds is 4. The predicted molar refractivity (Wildman–Crippen MR) is 102 cm³/mol. The van der Waals surface area contributed by atoms with Crippen LogP contribution < -0.4 is 10.9 Å². The van der Waals surface area contributed by atoms with E-state index in [1.807, 2.05) is 0 Å². The number of piperidine rings is 2. The zero-order valence-electron chi connectivity index (χ0n) is 16.3. The number of amides is 1. The molecule has 3 heterocycles. The Hall–Kier alpha value is -1.69. The molecule has 0 saturated carbocycles. The van der Waals surface area contributed by atoms with Gasteiger partial charge in [-0.25, -0.2) is 4.98 Å². The van der Waals surface area contributed by atoms with Gasteiger partial charge in [0.2, 0.25) is 5.91 Å². The summed E-state index contributed by atoms with van der Waals surface area (Å²) < 4.78 is 1.77. The summed E-state index contributed by atoms with van der Waals surface area (Å²) in [7, 11) is 0. The second kappa shape index (κ2) is 7.91. The normalized spacial score (nSPS) is 23.0. The molecule has 2 aliphatic rings. The van der Waals surface area contributed by atoms with Crippen LogP contribution >= 0.6 is 0 Å². The Morgan fingerprint density at radius 1 is 1.12 bits per heavy atom. The van der Waals surface area contributed by atoms with E-state index < -0.39 is 0 Å². The molecule has 6 nitrogen and oxygen atoms in total. The minimum atomic E-state index is -0.0951. The number of carbonyl (C=O) groups is 1. The molecule has 3 rings (SSSR count). The molecule has 1 aromatic rings. The average molecular weight is 361 g/mol. The Balaban J connectivity index is 1.48. The van der Waals surface area contributed by atoms with E-state index in [0.717, 1.165) is 57.7 Å². The van der Waals surface area contributed by atoms with Gasteiger partial charge in [0.1, 0.15) is 0 Å². The number of carbonyl (C=O) groups excluding carboxylic acids is 1. The molecule has 0 spiro atoms. The lowest BCUT2D eigenvalue weighted by atomic mass is 9.92. The Bertz CT molecular complexity index is 674. The lowest BCUT2D eigenvalue weighted by Gasteiger charge is -2.35. The van der Waals surface area contributed by atoms with Crippen LogP contribution in [0.5, 0.6) is 0 Å². The zero-order valence-corrected chi connectivity index (χ0v) is 16.3. The molecule has 0 bridgehead atoms. The summed E-state index contributed by atoms with van der Waals surface area (Å²) in [5.74, 6) is 1.31. The molecule has 1 aromatic heterocycles. The van der Waals surface area contributed by atoms with Crippen molar-refractivity contribution in [1.82, 2.24) is 19.8 Å². The quantitative estimate of drug-likeness (QED) is 0.889. The molecule has 0 aliphatic carbocycles. The Morgan fingerprint density at radius 3 is 2.42 bits per heavy atom. The summed E-state index contributed by atoms with van der Waals surface area (Å²) in [6.07, 6.45) is 5.63. The molecule has 1 unspecified atom stereocenters. The highest BCUT2D eigenvalue weighted by atomic mass is 16.1. The third-order valence-corrected chi connectivity index (χ3v) is 5.69. The smallest absolute Gasteiger partial charge is 0.253 e. The van der Waals surface area contributed by atoms with Gasteiger partial charge in [0, 0.05) is 37.5 Å². The second-order valence-corrected chi connectivity index (χ2v) is 8.97. The minimum absolute atomic E-state index is 0.0605. The van der Waals surface area contributed by atoms with Crippen LogP contribution in [0.4, 0.5) is 0 Å². The van der Waals surface area contributed by atoms with Crippen molar-refractivity contribution in [2.24, 2.45) is 11.8 Å². The van der Waals surface area contributed by atoms with E-state index in [1.54, 1.807) is 17.0 Å². The van der Waals surface area contributed by atoms with Gasteiger partial charge in [-0.1, -0.05) is 20.8 Å². The van der Waals surface area contributed by atoms with Crippen LogP contribution in [0.25, 0.3) is 0 Å². The van der Waals surface area contributed by atoms with Crippen LogP contribution in [-0.2, 0) is 16.8 Å². The van der Waals surface area contributed by atoms with Gasteiger partial charge in [-0.2, -0.15) is 0 Å². The molecule has 0 aromatic carbocycles. The molecule has 1 amide bonds. The van der Waals surface area contributed by atoms with Gasteiger partial charge in [-0.05, 0) is 44.2 Å². The third kappa shape index (κ3) is 4.93. The van der Waals surface area contributed by atoms with Crippen molar-refractivity contribution in [3.8, 4) is 0 Å². The average Bonchev–Trinajstić information content (AvgIpc) is 2.59. The predicted octanol–water partition coefficient (Wildman–Crippen LogP) is 1.78. The summed E-state index contributed by atoms with van der Waals surface area (Å²) in [4.78, 5) is 30.7. The third-order valence-electron chi connectivity index (χ3n) is 5.69. The molecule has 2 saturated heterocycles. The number of aromatic nitrogens is 2. The fraction of sp³-hybridized carbons (Fsp3) is 0.750. The van der Waals surface area contributed by atoms with E-state index in [9.17, 15) is 9.59 Å². The van der Waals surface area contributed by atoms with E-state index in [1.165, 1.54) is 0 Å². The van der Waals surface area contributed by atoms with E-state index in [-0.39, 0.29) is 16.9 Å². The molecule has 6 heteroatoms. The van der Waals surface area contributed by atoms with Crippen LogP contribution in [0.15, 0.2) is 17.2 Å². The summed E-state index contributed by atoms with van der Waals surface area (Å²) in [6.45, 7) is 11.1. The second-order valence-electron chi connectivity index (χ2n) is 8.97. The van der Waals surface area contributed by atoms with Crippen LogP contribution in [0.1, 0.15) is 52.1 Å². The molecule has 26 heavy (non-hydrogen) atoms. The summed E-state index contributed by atoms with van der Waals surface area (Å²) in [5, 5.41) is 2.97. The maximum atomic E-state index is 12.4. The SMILES string of the molecule is CC(C)(C)c1cc(=O)n(CC2CCN(CC3CCC(=O)NC3)CC2)cn1. The van der Waals surface area contributed by atoms with Gasteiger partial charge in [0.05, 0.1) is 12.0 Å². The first kappa shape index (κ1) is 19.1. The number of hydrogen-bond donors (Lipinski definition) is 1. The molecule has 0 radical (unpaired) electrons. The van der Waals surface area contributed by atoms with Gasteiger partial charge in [-0.3, -0.25) is 14.2 Å². The zero-order chi connectivity index (χ0) is 18.7. The van der Waals surface area contributed by atoms with E-state index >= 15 is 0 Å². The van der Waals surface area contributed by atoms with Crippen LogP contribution in [0.3, 0.4) is 0 Å². The van der Waals surface area contributed by atoms with Gasteiger partial charge in [-0.15, -0.1) is 0 Å². The first-order valence-corrected chi connectivity index (χ1v) is 9.87. The number of nitrogens with zero attached hydrogens (tertiary/aromatic N) is 3. The highest BCUT2D eigenvalue weighted by molar-refractivity contribution is 5.76. The molecule has 2 fully saturated rings. The van der Waals surface area contributed by atoms with Gasteiger partial charge in [0.15, 0.2) is 0 Å². The highest BCUT2D eigenvalue weighted by Crippen LogP contribution is 2.22. The van der Waals surface area contributed by atoms with Crippen molar-refractivity contribution >= 4 is 5.91 Å². The standard InChI is InChI=1S/C20H32N4O2/c1-20(2,3)17-10-19(26)24(14-22-17)13-15-6-8-23(9-7-15)12-16-4-5-18(25)21-11-16/h10,14-16H,4-9,11-13H2,1-3H3,(H,21,25). The van der Waals surface area contributed by atoms with Crippen LogP contribution in [0.2, 0.25) is 0 Å². The minimum Gasteiger partial charge on any atom is -0.356 e.